The van der Waals surface area contributed by atoms with E-state index in [-0.39, 0.29) is 6.54 Å². The maximum absolute atomic E-state index is 12.6. The third kappa shape index (κ3) is 3.69. The molecule has 0 spiro atoms. The van der Waals surface area contributed by atoms with Crippen molar-refractivity contribution in [1.29, 1.82) is 0 Å². The molecule has 7 nitrogen and oxygen atoms in total. The number of ether oxygens (including phenoxy) is 2. The van der Waals surface area contributed by atoms with Crippen molar-refractivity contribution in [2.24, 2.45) is 0 Å². The van der Waals surface area contributed by atoms with Gasteiger partial charge in [0.1, 0.15) is 11.5 Å². The highest BCUT2D eigenvalue weighted by atomic mass is 32.2. The van der Waals surface area contributed by atoms with Gasteiger partial charge in [0.2, 0.25) is 10.0 Å². The zero-order chi connectivity index (χ0) is 18.0. The van der Waals surface area contributed by atoms with Gasteiger partial charge in [-0.15, -0.1) is 0 Å². The summed E-state index contributed by atoms with van der Waals surface area (Å²) < 4.78 is 36.2. The molecule has 1 aliphatic heterocycles. The van der Waals surface area contributed by atoms with Gasteiger partial charge < -0.3 is 14.8 Å². The molecule has 0 unspecified atom stereocenters. The van der Waals surface area contributed by atoms with Crippen LogP contribution in [0.4, 0.5) is 11.4 Å². The smallest absolute Gasteiger partial charge is 0.267 e. The summed E-state index contributed by atoms with van der Waals surface area (Å²) in [5, 5.41) is 2.72. The second-order valence-electron chi connectivity index (χ2n) is 5.59. The third-order valence-corrected chi connectivity index (χ3v) is 4.91. The minimum atomic E-state index is -3.54. The van der Waals surface area contributed by atoms with Gasteiger partial charge in [0.05, 0.1) is 25.6 Å². The fraction of sp³-hybridized carbons (Fsp3) is 0.235. The Bertz CT molecular complexity index is 897. The first-order valence-corrected chi connectivity index (χ1v) is 9.41. The Morgan fingerprint density at radius 2 is 2.00 bits per heavy atom. The summed E-state index contributed by atoms with van der Waals surface area (Å²) in [4.78, 5) is 12.6. The highest BCUT2D eigenvalue weighted by Gasteiger charge is 2.34. The maximum Gasteiger partial charge on any atom is 0.267 e. The summed E-state index contributed by atoms with van der Waals surface area (Å²) in [6, 6.07) is 13.6. The third-order valence-electron chi connectivity index (χ3n) is 3.76. The average Bonchev–Trinajstić information content (AvgIpc) is 2.60. The molecule has 0 bridgehead atoms. The second-order valence-corrected chi connectivity index (χ2v) is 7.50. The minimum Gasteiger partial charge on any atom is -0.497 e. The molecule has 1 N–H and O–H groups in total. The Kier molecular flexibility index (Phi) is 4.54. The largest absolute Gasteiger partial charge is 0.497 e. The number of carbonyl (C=O) groups excluding carboxylic acids is 1. The number of nitrogens with zero attached hydrogens (tertiary/aromatic N) is 1. The van der Waals surface area contributed by atoms with Gasteiger partial charge in [-0.2, -0.15) is 0 Å². The number of benzene rings is 2. The predicted octanol–water partition coefficient (Wildman–Crippen LogP) is 1.86. The molecule has 1 atom stereocenters. The van der Waals surface area contributed by atoms with E-state index in [9.17, 15) is 13.2 Å². The summed E-state index contributed by atoms with van der Waals surface area (Å²) in [7, 11) is -2.00. The molecule has 25 heavy (non-hydrogen) atoms. The lowest BCUT2D eigenvalue weighted by Gasteiger charge is -2.33. The molecule has 1 heterocycles. The van der Waals surface area contributed by atoms with Crippen LogP contribution in [0.2, 0.25) is 0 Å². The molecule has 0 saturated heterocycles. The summed E-state index contributed by atoms with van der Waals surface area (Å²) in [5.74, 6) is 0.520. The zero-order valence-electron chi connectivity index (χ0n) is 13.8. The van der Waals surface area contributed by atoms with Crippen LogP contribution in [0.25, 0.3) is 0 Å². The predicted molar refractivity (Wildman–Crippen MR) is 94.7 cm³/mol. The quantitative estimate of drug-likeness (QED) is 0.897. The summed E-state index contributed by atoms with van der Waals surface area (Å²) in [5.41, 5.74) is 0.966. The van der Waals surface area contributed by atoms with Gasteiger partial charge in [-0.1, -0.05) is 18.2 Å². The van der Waals surface area contributed by atoms with E-state index in [0.29, 0.717) is 22.9 Å². The minimum absolute atomic E-state index is 0.0916. The van der Waals surface area contributed by atoms with Gasteiger partial charge in [-0.25, -0.2) is 8.42 Å². The van der Waals surface area contributed by atoms with Crippen molar-refractivity contribution >= 4 is 27.3 Å². The van der Waals surface area contributed by atoms with E-state index in [0.717, 1.165) is 6.26 Å². The Labute approximate surface area is 146 Å². The number of hydrogen-bond donors (Lipinski definition) is 1. The monoisotopic (exact) mass is 362 g/mol. The first-order valence-electron chi connectivity index (χ1n) is 7.57. The normalized spacial score (nSPS) is 16.6. The number of hydrogen-bond acceptors (Lipinski definition) is 5. The van der Waals surface area contributed by atoms with E-state index in [1.54, 1.807) is 48.5 Å². The van der Waals surface area contributed by atoms with Crippen LogP contribution in [0.5, 0.6) is 11.5 Å². The number of anilines is 2. The van der Waals surface area contributed by atoms with Crippen molar-refractivity contribution in [1.82, 2.24) is 0 Å². The fourth-order valence-electron chi connectivity index (χ4n) is 2.58. The van der Waals surface area contributed by atoms with Crippen LogP contribution in [0.15, 0.2) is 48.5 Å². The van der Waals surface area contributed by atoms with Crippen LogP contribution < -0.4 is 19.1 Å². The SMILES string of the molecule is COc1cccc(NC(=O)[C@@H]2CN(S(C)(=O)=O)c3ccccc3O2)c1. The highest BCUT2D eigenvalue weighted by molar-refractivity contribution is 7.92. The van der Waals surface area contributed by atoms with Crippen LogP contribution in [0.3, 0.4) is 0 Å². The molecule has 8 heteroatoms. The van der Waals surface area contributed by atoms with Crippen molar-refractivity contribution in [2.45, 2.75) is 6.10 Å². The number of rotatable bonds is 4. The molecule has 1 aliphatic rings. The van der Waals surface area contributed by atoms with E-state index < -0.39 is 22.0 Å². The molecule has 2 aromatic rings. The van der Waals surface area contributed by atoms with Crippen LogP contribution in [-0.4, -0.2) is 40.3 Å². The molecule has 0 saturated carbocycles. The Morgan fingerprint density at radius 3 is 2.72 bits per heavy atom. The Morgan fingerprint density at radius 1 is 1.24 bits per heavy atom. The number of sulfonamides is 1. The lowest BCUT2D eigenvalue weighted by atomic mass is 10.2. The Balaban J connectivity index is 1.84. The zero-order valence-corrected chi connectivity index (χ0v) is 14.6. The highest BCUT2D eigenvalue weighted by Crippen LogP contribution is 2.34. The van der Waals surface area contributed by atoms with Crippen LogP contribution in [-0.2, 0) is 14.8 Å². The molecular formula is C17H18N2O5S. The second kappa shape index (κ2) is 6.64. The van der Waals surface area contributed by atoms with Gasteiger partial charge >= 0.3 is 0 Å². The molecule has 132 valence electrons. The number of methoxy groups -OCH3 is 1. The first kappa shape index (κ1) is 17.1. The Hall–Kier alpha value is -2.74. The van der Waals surface area contributed by atoms with Gasteiger partial charge in [0, 0.05) is 11.8 Å². The lowest BCUT2D eigenvalue weighted by molar-refractivity contribution is -0.122. The number of para-hydroxylation sites is 2. The van der Waals surface area contributed by atoms with Gasteiger partial charge in [-0.3, -0.25) is 9.10 Å². The van der Waals surface area contributed by atoms with Crippen molar-refractivity contribution in [3.63, 3.8) is 0 Å². The lowest BCUT2D eigenvalue weighted by Crippen LogP contribution is -2.48. The number of amides is 1. The maximum atomic E-state index is 12.6. The standard InChI is InChI=1S/C17H18N2O5S/c1-23-13-7-5-6-12(10-13)18-17(20)16-11-19(25(2,21)22)14-8-3-4-9-15(14)24-16/h3-10,16H,11H2,1-2H3,(H,18,20)/t16-/m0/s1. The van der Waals surface area contributed by atoms with Gasteiger partial charge in [0.15, 0.2) is 6.10 Å². The van der Waals surface area contributed by atoms with E-state index >= 15 is 0 Å². The van der Waals surface area contributed by atoms with Crippen molar-refractivity contribution < 1.29 is 22.7 Å². The molecule has 2 aromatic carbocycles. The number of fused-ring (bicyclic) bond motifs is 1. The first-order chi connectivity index (χ1) is 11.9. The molecular weight excluding hydrogens is 344 g/mol. The van der Waals surface area contributed by atoms with Crippen molar-refractivity contribution in [2.75, 3.05) is 29.5 Å². The topological polar surface area (TPSA) is 84.9 Å². The number of nitrogens with one attached hydrogen (secondary N) is 1. The molecule has 1 amide bonds. The summed E-state index contributed by atoms with van der Waals surface area (Å²) in [6.45, 7) is -0.0916. The molecule has 0 aromatic heterocycles. The van der Waals surface area contributed by atoms with Crippen LogP contribution in [0.1, 0.15) is 0 Å². The van der Waals surface area contributed by atoms with E-state index in [2.05, 4.69) is 5.32 Å². The van der Waals surface area contributed by atoms with Crippen molar-refractivity contribution in [3.05, 3.63) is 48.5 Å². The molecule has 0 radical (unpaired) electrons. The molecule has 3 rings (SSSR count). The molecule has 0 fully saturated rings. The van der Waals surface area contributed by atoms with E-state index in [1.165, 1.54) is 11.4 Å². The fourth-order valence-corrected chi connectivity index (χ4v) is 3.49. The number of carbonyl (C=O) groups is 1. The molecule has 0 aliphatic carbocycles. The van der Waals surface area contributed by atoms with Crippen LogP contribution >= 0.6 is 0 Å². The van der Waals surface area contributed by atoms with Crippen molar-refractivity contribution in [3.8, 4) is 11.5 Å². The van der Waals surface area contributed by atoms with E-state index in [1.807, 2.05) is 0 Å². The van der Waals surface area contributed by atoms with Gasteiger partial charge in [0.25, 0.3) is 5.91 Å². The summed E-state index contributed by atoms with van der Waals surface area (Å²) in [6.07, 6.45) is 0.141. The van der Waals surface area contributed by atoms with Gasteiger partial charge in [-0.05, 0) is 24.3 Å². The summed E-state index contributed by atoms with van der Waals surface area (Å²) >= 11 is 0. The van der Waals surface area contributed by atoms with Crippen LogP contribution in [0, 0.1) is 0 Å². The van der Waals surface area contributed by atoms with E-state index in [4.69, 9.17) is 9.47 Å². The average molecular weight is 362 g/mol.